The van der Waals surface area contributed by atoms with Crippen molar-refractivity contribution in [2.24, 2.45) is 0 Å². The Bertz CT molecular complexity index is 1140. The van der Waals surface area contributed by atoms with E-state index in [1.807, 2.05) is 30.5 Å². The second-order valence-electron chi connectivity index (χ2n) is 7.17. The zero-order valence-electron chi connectivity index (χ0n) is 16.1. The Kier molecular flexibility index (Phi) is 4.44. The lowest BCUT2D eigenvalue weighted by atomic mass is 10.1. The summed E-state index contributed by atoms with van der Waals surface area (Å²) in [5.41, 5.74) is 11.9. The summed E-state index contributed by atoms with van der Waals surface area (Å²) >= 11 is 0. The van der Waals surface area contributed by atoms with Crippen LogP contribution in [0.1, 0.15) is 0 Å². The van der Waals surface area contributed by atoms with Gasteiger partial charge in [-0.05, 0) is 42.5 Å². The molecule has 6 heteroatoms. The van der Waals surface area contributed by atoms with Crippen molar-refractivity contribution in [2.45, 2.75) is 0 Å². The second kappa shape index (κ2) is 7.39. The van der Waals surface area contributed by atoms with E-state index < -0.39 is 0 Å². The SMILES string of the molecule is Nc1cc(-c2ccc3nccc(N4CCN(c5ccccc5)CC4)c3n2)ccn1. The molecule has 1 fully saturated rings. The summed E-state index contributed by atoms with van der Waals surface area (Å²) in [4.78, 5) is 18.4. The van der Waals surface area contributed by atoms with Gasteiger partial charge >= 0.3 is 0 Å². The molecule has 2 N–H and O–H groups in total. The predicted octanol–water partition coefficient (Wildman–Crippen LogP) is 3.60. The predicted molar refractivity (Wildman–Crippen MR) is 118 cm³/mol. The van der Waals surface area contributed by atoms with Crippen molar-refractivity contribution < 1.29 is 0 Å². The Morgan fingerprint density at radius 1 is 0.759 bits per heavy atom. The maximum absolute atomic E-state index is 5.85. The molecule has 0 amide bonds. The van der Waals surface area contributed by atoms with Gasteiger partial charge in [-0.25, -0.2) is 9.97 Å². The highest BCUT2D eigenvalue weighted by atomic mass is 15.3. The monoisotopic (exact) mass is 382 g/mol. The van der Waals surface area contributed by atoms with Crippen molar-refractivity contribution >= 4 is 28.2 Å². The number of aromatic nitrogens is 3. The van der Waals surface area contributed by atoms with E-state index in [4.69, 9.17) is 10.7 Å². The van der Waals surface area contributed by atoms with Gasteiger partial charge in [0.15, 0.2) is 0 Å². The van der Waals surface area contributed by atoms with Gasteiger partial charge in [-0.15, -0.1) is 0 Å². The van der Waals surface area contributed by atoms with Crippen molar-refractivity contribution in [2.75, 3.05) is 41.7 Å². The summed E-state index contributed by atoms with van der Waals surface area (Å²) in [5, 5.41) is 0. The van der Waals surface area contributed by atoms with Gasteiger partial charge in [0.25, 0.3) is 0 Å². The minimum atomic E-state index is 0.493. The standard InChI is InChI=1S/C23H22N6/c24-22-16-17(8-10-26-22)19-6-7-20-23(27-19)21(9-11-25-20)29-14-12-28(13-15-29)18-4-2-1-3-5-18/h1-11,16H,12-15H2,(H2,24,26). The number of rotatable bonds is 3. The van der Waals surface area contributed by atoms with Crippen LogP contribution in [0.3, 0.4) is 0 Å². The average molecular weight is 382 g/mol. The normalized spacial score (nSPS) is 14.3. The fourth-order valence-corrected chi connectivity index (χ4v) is 3.88. The van der Waals surface area contributed by atoms with Gasteiger partial charge in [0.05, 0.1) is 16.9 Å². The van der Waals surface area contributed by atoms with E-state index in [9.17, 15) is 0 Å². The molecule has 4 heterocycles. The first-order valence-corrected chi connectivity index (χ1v) is 9.80. The molecule has 1 aliphatic heterocycles. The number of anilines is 3. The number of nitrogens with zero attached hydrogens (tertiary/aromatic N) is 5. The van der Waals surface area contributed by atoms with E-state index >= 15 is 0 Å². The lowest BCUT2D eigenvalue weighted by Crippen LogP contribution is -2.46. The lowest BCUT2D eigenvalue weighted by molar-refractivity contribution is 0.654. The van der Waals surface area contributed by atoms with E-state index in [2.05, 4.69) is 56.2 Å². The van der Waals surface area contributed by atoms with Gasteiger partial charge < -0.3 is 15.5 Å². The third kappa shape index (κ3) is 3.45. The van der Waals surface area contributed by atoms with Gasteiger partial charge in [-0.3, -0.25) is 4.98 Å². The maximum atomic E-state index is 5.85. The quantitative estimate of drug-likeness (QED) is 0.584. The first-order valence-electron chi connectivity index (χ1n) is 9.80. The molecule has 1 aromatic carbocycles. The van der Waals surface area contributed by atoms with E-state index in [1.165, 1.54) is 5.69 Å². The molecular weight excluding hydrogens is 360 g/mol. The molecule has 0 aliphatic carbocycles. The molecular formula is C23H22N6. The van der Waals surface area contributed by atoms with Crippen LogP contribution in [0.15, 0.2) is 73.1 Å². The van der Waals surface area contributed by atoms with Crippen LogP contribution in [0.25, 0.3) is 22.3 Å². The number of nitrogen functional groups attached to an aromatic ring is 1. The zero-order chi connectivity index (χ0) is 19.6. The summed E-state index contributed by atoms with van der Waals surface area (Å²) in [6.45, 7) is 3.85. The summed E-state index contributed by atoms with van der Waals surface area (Å²) in [6.07, 6.45) is 3.58. The Hall–Kier alpha value is -3.67. The molecule has 29 heavy (non-hydrogen) atoms. The number of para-hydroxylation sites is 1. The smallest absolute Gasteiger partial charge is 0.123 e. The van der Waals surface area contributed by atoms with Crippen molar-refractivity contribution in [3.63, 3.8) is 0 Å². The van der Waals surface area contributed by atoms with Crippen LogP contribution >= 0.6 is 0 Å². The lowest BCUT2D eigenvalue weighted by Gasteiger charge is -2.37. The molecule has 0 bridgehead atoms. The highest BCUT2D eigenvalue weighted by molar-refractivity contribution is 5.89. The van der Waals surface area contributed by atoms with Gasteiger partial charge in [-0.2, -0.15) is 0 Å². The first kappa shape index (κ1) is 17.4. The molecule has 1 saturated heterocycles. The average Bonchev–Trinajstić information content (AvgIpc) is 2.79. The fraction of sp³-hybridized carbons (Fsp3) is 0.174. The van der Waals surface area contributed by atoms with Gasteiger partial charge in [0.2, 0.25) is 0 Å². The Balaban J connectivity index is 1.45. The minimum absolute atomic E-state index is 0.493. The molecule has 0 radical (unpaired) electrons. The molecule has 4 aromatic rings. The number of benzene rings is 1. The highest BCUT2D eigenvalue weighted by Crippen LogP contribution is 2.28. The molecule has 5 rings (SSSR count). The largest absolute Gasteiger partial charge is 0.384 e. The number of nitrogens with two attached hydrogens (primary N) is 1. The third-order valence-electron chi connectivity index (χ3n) is 5.38. The first-order chi connectivity index (χ1) is 14.3. The van der Waals surface area contributed by atoms with Crippen LogP contribution in [-0.4, -0.2) is 41.1 Å². The van der Waals surface area contributed by atoms with Crippen molar-refractivity contribution in [1.82, 2.24) is 15.0 Å². The molecule has 3 aromatic heterocycles. The molecule has 144 valence electrons. The molecule has 6 nitrogen and oxygen atoms in total. The van der Waals surface area contributed by atoms with Crippen molar-refractivity contribution in [3.05, 3.63) is 73.1 Å². The Morgan fingerprint density at radius 2 is 1.52 bits per heavy atom. The van der Waals surface area contributed by atoms with Gasteiger partial charge in [0.1, 0.15) is 11.3 Å². The van der Waals surface area contributed by atoms with Gasteiger partial charge in [-0.1, -0.05) is 18.2 Å². The Morgan fingerprint density at radius 3 is 2.31 bits per heavy atom. The number of pyridine rings is 3. The number of hydrogen-bond acceptors (Lipinski definition) is 6. The summed E-state index contributed by atoms with van der Waals surface area (Å²) in [7, 11) is 0. The summed E-state index contributed by atoms with van der Waals surface area (Å²) < 4.78 is 0. The van der Waals surface area contributed by atoms with E-state index in [-0.39, 0.29) is 0 Å². The Labute approximate surface area is 169 Å². The van der Waals surface area contributed by atoms with E-state index in [1.54, 1.807) is 6.20 Å². The van der Waals surface area contributed by atoms with Crippen LogP contribution in [0, 0.1) is 0 Å². The zero-order valence-corrected chi connectivity index (χ0v) is 16.1. The highest BCUT2D eigenvalue weighted by Gasteiger charge is 2.20. The maximum Gasteiger partial charge on any atom is 0.123 e. The molecule has 0 spiro atoms. The van der Waals surface area contributed by atoms with Crippen LogP contribution in [0.4, 0.5) is 17.2 Å². The number of fused-ring (bicyclic) bond motifs is 1. The van der Waals surface area contributed by atoms with Crippen LogP contribution < -0.4 is 15.5 Å². The van der Waals surface area contributed by atoms with E-state index in [0.29, 0.717) is 5.82 Å². The second-order valence-corrected chi connectivity index (χ2v) is 7.17. The summed E-state index contributed by atoms with van der Waals surface area (Å²) in [6, 6.07) is 20.4. The number of hydrogen-bond donors (Lipinski definition) is 1. The molecule has 0 saturated carbocycles. The fourth-order valence-electron chi connectivity index (χ4n) is 3.88. The minimum Gasteiger partial charge on any atom is -0.384 e. The molecule has 1 aliphatic rings. The van der Waals surface area contributed by atoms with Crippen LogP contribution in [-0.2, 0) is 0 Å². The molecule has 0 atom stereocenters. The number of piperazine rings is 1. The van der Waals surface area contributed by atoms with E-state index in [0.717, 1.165) is 54.2 Å². The van der Waals surface area contributed by atoms with Crippen LogP contribution in [0.5, 0.6) is 0 Å². The molecule has 0 unspecified atom stereocenters. The van der Waals surface area contributed by atoms with Crippen molar-refractivity contribution in [3.8, 4) is 11.3 Å². The van der Waals surface area contributed by atoms with Crippen molar-refractivity contribution in [1.29, 1.82) is 0 Å². The summed E-state index contributed by atoms with van der Waals surface area (Å²) in [5.74, 6) is 0.493. The third-order valence-corrected chi connectivity index (χ3v) is 5.38. The van der Waals surface area contributed by atoms with Crippen LogP contribution in [0.2, 0.25) is 0 Å². The van der Waals surface area contributed by atoms with Gasteiger partial charge in [0, 0.05) is 49.8 Å². The topological polar surface area (TPSA) is 71.2 Å².